The Labute approximate surface area is 249 Å². The summed E-state index contributed by atoms with van der Waals surface area (Å²) in [5, 5.41) is 4.45. The van der Waals surface area contributed by atoms with Crippen LogP contribution in [-0.2, 0) is 16.9 Å². The molecule has 3 aromatic rings. The van der Waals surface area contributed by atoms with E-state index in [9.17, 15) is 0 Å². The van der Waals surface area contributed by atoms with Crippen LogP contribution in [0.25, 0.3) is 0 Å². The number of ether oxygens (including phenoxy) is 2. The molecular weight excluding hydrogens is 544 g/mol. The van der Waals surface area contributed by atoms with Crippen molar-refractivity contribution in [2.45, 2.75) is 30.8 Å². The minimum atomic E-state index is 0.0411. The van der Waals surface area contributed by atoms with Gasteiger partial charge in [-0.05, 0) is 53.1 Å². The van der Waals surface area contributed by atoms with Gasteiger partial charge in [-0.3, -0.25) is 0 Å². The molecule has 3 aromatic carbocycles. The van der Waals surface area contributed by atoms with Crippen LogP contribution in [-0.4, -0.2) is 63.3 Å². The van der Waals surface area contributed by atoms with Crippen LogP contribution in [0.4, 0.5) is 0 Å². The van der Waals surface area contributed by atoms with Crippen LogP contribution < -0.4 is 14.8 Å². The molecule has 39 heavy (non-hydrogen) atoms. The molecule has 7 heteroatoms. The van der Waals surface area contributed by atoms with E-state index >= 15 is 0 Å². The largest absolute Gasteiger partial charge is 0.497 e. The Morgan fingerprint density at radius 3 is 1.79 bits per heavy atom. The maximum atomic E-state index is 6.15. The first-order valence-corrected chi connectivity index (χ1v) is 16.2. The average Bonchev–Trinajstić information content (AvgIpc) is 2.95. The zero-order valence-electron chi connectivity index (χ0n) is 23.8. The minimum absolute atomic E-state index is 0.0411. The highest BCUT2D eigenvalue weighted by atomic mass is 35.5. The van der Waals surface area contributed by atoms with Gasteiger partial charge in [-0.15, -0.1) is 0 Å². The second kappa shape index (κ2) is 17.1. The van der Waals surface area contributed by atoms with E-state index < -0.39 is 0 Å². The Bertz CT molecular complexity index is 1080. The SMILES string of the molecule is COc1ccc(CSCCNCCN(CCSCc2ccc(OC)cc2)CC(C)(C)c2ccc(Cl)cc2)cc1. The molecule has 3 rings (SSSR count). The number of methoxy groups -OCH3 is 2. The zero-order chi connectivity index (χ0) is 27.9. The second-order valence-corrected chi connectivity index (χ2v) is 12.9. The summed E-state index contributed by atoms with van der Waals surface area (Å²) < 4.78 is 10.5. The van der Waals surface area contributed by atoms with E-state index in [-0.39, 0.29) is 5.41 Å². The molecule has 0 aliphatic heterocycles. The molecule has 0 aliphatic rings. The van der Waals surface area contributed by atoms with Crippen molar-refractivity contribution in [1.82, 2.24) is 10.2 Å². The summed E-state index contributed by atoms with van der Waals surface area (Å²) in [6, 6.07) is 25.1. The number of thioether (sulfide) groups is 2. The monoisotopic (exact) mass is 586 g/mol. The van der Waals surface area contributed by atoms with Crippen LogP contribution >= 0.6 is 35.1 Å². The molecule has 0 fully saturated rings. The normalized spacial score (nSPS) is 11.6. The zero-order valence-corrected chi connectivity index (χ0v) is 26.1. The molecule has 0 unspecified atom stereocenters. The van der Waals surface area contributed by atoms with Crippen molar-refractivity contribution in [1.29, 1.82) is 0 Å². The number of halogens is 1. The van der Waals surface area contributed by atoms with E-state index in [1.54, 1.807) is 14.2 Å². The number of nitrogens with one attached hydrogen (secondary N) is 1. The second-order valence-electron chi connectivity index (χ2n) is 10.2. The van der Waals surface area contributed by atoms with E-state index in [1.807, 2.05) is 59.9 Å². The average molecular weight is 587 g/mol. The fourth-order valence-corrected chi connectivity index (χ4v) is 6.29. The van der Waals surface area contributed by atoms with E-state index in [4.69, 9.17) is 21.1 Å². The quantitative estimate of drug-likeness (QED) is 0.156. The first-order chi connectivity index (χ1) is 18.9. The van der Waals surface area contributed by atoms with E-state index in [0.29, 0.717) is 0 Å². The molecule has 212 valence electrons. The predicted molar refractivity (Wildman–Crippen MR) is 172 cm³/mol. The highest BCUT2D eigenvalue weighted by Gasteiger charge is 2.24. The summed E-state index contributed by atoms with van der Waals surface area (Å²) in [6.45, 7) is 9.76. The van der Waals surface area contributed by atoms with Gasteiger partial charge < -0.3 is 19.7 Å². The summed E-state index contributed by atoms with van der Waals surface area (Å²) in [7, 11) is 3.41. The van der Waals surface area contributed by atoms with Gasteiger partial charge in [0.2, 0.25) is 0 Å². The Kier molecular flexibility index (Phi) is 13.9. The molecule has 0 amide bonds. The van der Waals surface area contributed by atoms with Gasteiger partial charge in [0.15, 0.2) is 0 Å². The summed E-state index contributed by atoms with van der Waals surface area (Å²) in [5.41, 5.74) is 4.04. The van der Waals surface area contributed by atoms with Crippen LogP contribution in [0.5, 0.6) is 11.5 Å². The topological polar surface area (TPSA) is 33.7 Å². The van der Waals surface area contributed by atoms with Crippen molar-refractivity contribution in [3.8, 4) is 11.5 Å². The summed E-state index contributed by atoms with van der Waals surface area (Å²) in [4.78, 5) is 2.60. The lowest BCUT2D eigenvalue weighted by atomic mass is 9.84. The lowest BCUT2D eigenvalue weighted by molar-refractivity contribution is 0.236. The van der Waals surface area contributed by atoms with E-state index in [0.717, 1.165) is 72.3 Å². The third kappa shape index (κ3) is 11.7. The molecule has 0 heterocycles. The molecule has 0 saturated carbocycles. The standard InChI is InChI=1S/C32H43ClN2O2S2/c1-32(2,28-9-11-29(33)12-10-28)25-35(20-22-39-24-27-7-15-31(37-4)16-8-27)19-17-34-18-21-38-23-26-5-13-30(36-3)14-6-26/h5-16,34H,17-25H2,1-4H3. The predicted octanol–water partition coefficient (Wildman–Crippen LogP) is 7.39. The van der Waals surface area contributed by atoms with Gasteiger partial charge in [-0.25, -0.2) is 0 Å². The lowest BCUT2D eigenvalue weighted by Crippen LogP contribution is -2.42. The molecule has 1 N–H and O–H groups in total. The summed E-state index contributed by atoms with van der Waals surface area (Å²) in [5.74, 6) is 6.06. The van der Waals surface area contributed by atoms with Crippen LogP contribution in [0.2, 0.25) is 5.02 Å². The van der Waals surface area contributed by atoms with Gasteiger partial charge in [-0.1, -0.05) is 61.8 Å². The van der Waals surface area contributed by atoms with Gasteiger partial charge in [0.25, 0.3) is 0 Å². The third-order valence-electron chi connectivity index (χ3n) is 6.68. The van der Waals surface area contributed by atoms with Crippen LogP contribution in [0.3, 0.4) is 0 Å². The Morgan fingerprint density at radius 1 is 0.718 bits per heavy atom. The number of hydrogen-bond donors (Lipinski definition) is 1. The van der Waals surface area contributed by atoms with Crippen LogP contribution in [0.15, 0.2) is 72.8 Å². The highest BCUT2D eigenvalue weighted by molar-refractivity contribution is 7.98. The maximum absolute atomic E-state index is 6.15. The van der Waals surface area contributed by atoms with Crippen molar-refractivity contribution in [2.24, 2.45) is 0 Å². The van der Waals surface area contributed by atoms with Crippen LogP contribution in [0.1, 0.15) is 30.5 Å². The number of benzene rings is 3. The highest BCUT2D eigenvalue weighted by Crippen LogP contribution is 2.26. The van der Waals surface area contributed by atoms with Crippen molar-refractivity contribution in [3.05, 3.63) is 94.5 Å². The Morgan fingerprint density at radius 2 is 1.26 bits per heavy atom. The van der Waals surface area contributed by atoms with Crippen LogP contribution in [0, 0.1) is 0 Å². The summed E-state index contributed by atoms with van der Waals surface area (Å²) >= 11 is 10.1. The fraction of sp³-hybridized carbons (Fsp3) is 0.438. The van der Waals surface area contributed by atoms with E-state index in [2.05, 4.69) is 60.5 Å². The smallest absolute Gasteiger partial charge is 0.118 e. The summed E-state index contributed by atoms with van der Waals surface area (Å²) in [6.07, 6.45) is 0. The molecule has 0 bridgehead atoms. The van der Waals surface area contributed by atoms with E-state index in [1.165, 1.54) is 16.7 Å². The molecule has 0 atom stereocenters. The molecule has 0 spiro atoms. The maximum Gasteiger partial charge on any atom is 0.118 e. The van der Waals surface area contributed by atoms with Crippen molar-refractivity contribution >= 4 is 35.1 Å². The Balaban J connectivity index is 1.43. The van der Waals surface area contributed by atoms with Gasteiger partial charge in [0.1, 0.15) is 11.5 Å². The molecule has 0 aromatic heterocycles. The lowest BCUT2D eigenvalue weighted by Gasteiger charge is -2.33. The molecule has 4 nitrogen and oxygen atoms in total. The third-order valence-corrected chi connectivity index (χ3v) is 8.97. The van der Waals surface area contributed by atoms with Crippen molar-refractivity contribution in [2.75, 3.05) is 58.4 Å². The van der Waals surface area contributed by atoms with Crippen molar-refractivity contribution < 1.29 is 9.47 Å². The molecular formula is C32H43ClN2O2S2. The Hall–Kier alpha value is -1.83. The number of rotatable bonds is 18. The van der Waals surface area contributed by atoms with Gasteiger partial charge in [0, 0.05) is 66.2 Å². The van der Waals surface area contributed by atoms with Crippen molar-refractivity contribution in [3.63, 3.8) is 0 Å². The van der Waals surface area contributed by atoms with Gasteiger partial charge >= 0.3 is 0 Å². The van der Waals surface area contributed by atoms with Gasteiger partial charge in [-0.2, -0.15) is 23.5 Å². The molecule has 0 aliphatic carbocycles. The minimum Gasteiger partial charge on any atom is -0.497 e. The first-order valence-electron chi connectivity index (χ1n) is 13.5. The number of nitrogens with zero attached hydrogens (tertiary/aromatic N) is 1. The number of hydrogen-bond acceptors (Lipinski definition) is 6. The first kappa shape index (κ1) is 31.7. The molecule has 0 radical (unpaired) electrons. The molecule has 0 saturated heterocycles. The van der Waals surface area contributed by atoms with Gasteiger partial charge in [0.05, 0.1) is 14.2 Å². The fourth-order valence-electron chi connectivity index (χ4n) is 4.35.